The molecular formula is C17H19BrClNO. The van der Waals surface area contributed by atoms with Crippen molar-refractivity contribution < 1.29 is 4.74 Å². The molecule has 0 aliphatic heterocycles. The summed E-state index contributed by atoms with van der Waals surface area (Å²) >= 11 is 9.66. The molecule has 1 unspecified atom stereocenters. The van der Waals surface area contributed by atoms with E-state index < -0.39 is 0 Å². The Labute approximate surface area is 139 Å². The van der Waals surface area contributed by atoms with Gasteiger partial charge in [-0.05, 0) is 64.8 Å². The number of nitrogens with one attached hydrogen (secondary N) is 1. The molecular weight excluding hydrogens is 350 g/mol. The van der Waals surface area contributed by atoms with E-state index in [9.17, 15) is 0 Å². The largest absolute Gasteiger partial charge is 0.494 e. The van der Waals surface area contributed by atoms with Crippen LogP contribution in [0, 0.1) is 0 Å². The fourth-order valence-corrected chi connectivity index (χ4v) is 2.71. The van der Waals surface area contributed by atoms with Crippen LogP contribution in [0.4, 0.5) is 0 Å². The average molecular weight is 369 g/mol. The number of halogens is 2. The van der Waals surface area contributed by atoms with Gasteiger partial charge in [0.2, 0.25) is 0 Å². The van der Waals surface area contributed by atoms with E-state index >= 15 is 0 Å². The molecule has 0 saturated heterocycles. The molecule has 0 fully saturated rings. The summed E-state index contributed by atoms with van der Waals surface area (Å²) < 4.78 is 6.50. The second-order valence-electron chi connectivity index (χ2n) is 4.67. The Morgan fingerprint density at radius 2 is 1.90 bits per heavy atom. The molecule has 0 aliphatic rings. The maximum absolute atomic E-state index is 6.23. The van der Waals surface area contributed by atoms with Crippen molar-refractivity contribution in [3.05, 3.63) is 63.1 Å². The summed E-state index contributed by atoms with van der Waals surface area (Å²) in [7, 11) is 0. The van der Waals surface area contributed by atoms with Crippen LogP contribution in [-0.2, 0) is 0 Å². The van der Waals surface area contributed by atoms with Crippen LogP contribution in [0.15, 0.2) is 46.9 Å². The lowest BCUT2D eigenvalue weighted by molar-refractivity contribution is 0.339. The van der Waals surface area contributed by atoms with Crippen LogP contribution in [0.2, 0.25) is 5.02 Å². The van der Waals surface area contributed by atoms with E-state index in [1.54, 1.807) is 0 Å². The molecule has 0 heterocycles. The van der Waals surface area contributed by atoms with E-state index in [1.807, 2.05) is 31.2 Å². The molecule has 1 atom stereocenters. The summed E-state index contributed by atoms with van der Waals surface area (Å²) in [5.41, 5.74) is 2.31. The highest BCUT2D eigenvalue weighted by atomic mass is 79.9. The van der Waals surface area contributed by atoms with Crippen LogP contribution in [0.3, 0.4) is 0 Å². The summed E-state index contributed by atoms with van der Waals surface area (Å²) in [4.78, 5) is 0. The Balaban J connectivity index is 2.37. The Morgan fingerprint density at radius 1 is 1.14 bits per heavy atom. The third kappa shape index (κ3) is 4.22. The molecule has 0 spiro atoms. The summed E-state index contributed by atoms with van der Waals surface area (Å²) in [5, 5.41) is 4.22. The highest BCUT2D eigenvalue weighted by Crippen LogP contribution is 2.30. The van der Waals surface area contributed by atoms with E-state index in [0.717, 1.165) is 27.4 Å². The first-order chi connectivity index (χ1) is 10.2. The van der Waals surface area contributed by atoms with Crippen LogP contribution in [-0.4, -0.2) is 13.2 Å². The van der Waals surface area contributed by atoms with Crippen molar-refractivity contribution in [3.8, 4) is 5.75 Å². The number of hydrogen-bond donors (Lipinski definition) is 1. The van der Waals surface area contributed by atoms with Crippen molar-refractivity contribution >= 4 is 27.5 Å². The first kappa shape index (κ1) is 16.3. The molecule has 4 heteroatoms. The monoisotopic (exact) mass is 367 g/mol. The van der Waals surface area contributed by atoms with E-state index in [1.165, 1.54) is 5.56 Å². The van der Waals surface area contributed by atoms with Gasteiger partial charge in [-0.2, -0.15) is 0 Å². The van der Waals surface area contributed by atoms with Crippen LogP contribution < -0.4 is 10.1 Å². The molecule has 0 bridgehead atoms. The first-order valence-corrected chi connectivity index (χ1v) is 8.23. The Hall–Kier alpha value is -1.03. The minimum Gasteiger partial charge on any atom is -0.494 e. The predicted molar refractivity (Wildman–Crippen MR) is 92.3 cm³/mol. The van der Waals surface area contributed by atoms with Crippen LogP contribution in [0.1, 0.15) is 31.0 Å². The van der Waals surface area contributed by atoms with Crippen molar-refractivity contribution in [2.24, 2.45) is 0 Å². The highest BCUT2D eigenvalue weighted by Gasteiger charge is 2.14. The van der Waals surface area contributed by atoms with Crippen molar-refractivity contribution in [1.82, 2.24) is 5.32 Å². The summed E-state index contributed by atoms with van der Waals surface area (Å²) in [6, 6.07) is 14.3. The minimum absolute atomic E-state index is 0.0982. The molecule has 2 rings (SSSR count). The van der Waals surface area contributed by atoms with Crippen LogP contribution in [0.25, 0.3) is 0 Å². The molecule has 0 radical (unpaired) electrons. The SMILES string of the molecule is CCNC(c1cccc(OCC)c1)c1ccc(Br)c(Cl)c1. The summed E-state index contributed by atoms with van der Waals surface area (Å²) in [6.07, 6.45) is 0. The van der Waals surface area contributed by atoms with E-state index in [-0.39, 0.29) is 6.04 Å². The molecule has 0 amide bonds. The Bertz CT molecular complexity index is 603. The molecule has 0 aromatic heterocycles. The molecule has 1 N–H and O–H groups in total. The van der Waals surface area contributed by atoms with Gasteiger partial charge in [-0.15, -0.1) is 0 Å². The van der Waals surface area contributed by atoms with Gasteiger partial charge in [-0.3, -0.25) is 0 Å². The van der Waals surface area contributed by atoms with Gasteiger partial charge in [-0.1, -0.05) is 36.7 Å². The molecule has 2 aromatic rings. The zero-order valence-corrected chi connectivity index (χ0v) is 14.5. The molecule has 2 nitrogen and oxygen atoms in total. The fraction of sp³-hybridized carbons (Fsp3) is 0.294. The second-order valence-corrected chi connectivity index (χ2v) is 5.93. The number of benzene rings is 2. The number of rotatable bonds is 6. The number of hydrogen-bond acceptors (Lipinski definition) is 2. The van der Waals surface area contributed by atoms with Crippen LogP contribution >= 0.6 is 27.5 Å². The minimum atomic E-state index is 0.0982. The first-order valence-electron chi connectivity index (χ1n) is 7.06. The van der Waals surface area contributed by atoms with Crippen molar-refractivity contribution in [3.63, 3.8) is 0 Å². The second kappa shape index (κ2) is 7.83. The fourth-order valence-electron chi connectivity index (χ4n) is 2.27. The van der Waals surface area contributed by atoms with Crippen molar-refractivity contribution in [2.45, 2.75) is 19.9 Å². The van der Waals surface area contributed by atoms with Gasteiger partial charge in [-0.25, -0.2) is 0 Å². The van der Waals surface area contributed by atoms with E-state index in [2.05, 4.69) is 46.4 Å². The zero-order valence-electron chi connectivity index (χ0n) is 12.2. The predicted octanol–water partition coefficient (Wildman–Crippen LogP) is 5.20. The molecule has 0 aliphatic carbocycles. The van der Waals surface area contributed by atoms with Gasteiger partial charge in [0.1, 0.15) is 5.75 Å². The van der Waals surface area contributed by atoms with Crippen LogP contribution in [0.5, 0.6) is 5.75 Å². The van der Waals surface area contributed by atoms with Crippen molar-refractivity contribution in [2.75, 3.05) is 13.2 Å². The smallest absolute Gasteiger partial charge is 0.119 e. The summed E-state index contributed by atoms with van der Waals surface area (Å²) in [5.74, 6) is 0.890. The van der Waals surface area contributed by atoms with Gasteiger partial charge >= 0.3 is 0 Å². The van der Waals surface area contributed by atoms with Gasteiger partial charge in [0, 0.05) is 4.47 Å². The lowest BCUT2D eigenvalue weighted by atomic mass is 9.98. The Kier molecular flexibility index (Phi) is 6.09. The highest BCUT2D eigenvalue weighted by molar-refractivity contribution is 9.10. The standard InChI is InChI=1S/C17H19BrClNO/c1-3-20-17(13-8-9-15(18)16(19)11-13)12-6-5-7-14(10-12)21-4-2/h5-11,17,20H,3-4H2,1-2H3. The van der Waals surface area contributed by atoms with E-state index in [0.29, 0.717) is 6.61 Å². The Morgan fingerprint density at radius 3 is 2.57 bits per heavy atom. The van der Waals surface area contributed by atoms with Gasteiger partial charge in [0.15, 0.2) is 0 Å². The molecule has 112 valence electrons. The third-order valence-electron chi connectivity index (χ3n) is 3.19. The van der Waals surface area contributed by atoms with Gasteiger partial charge in [0.25, 0.3) is 0 Å². The third-order valence-corrected chi connectivity index (χ3v) is 4.42. The lowest BCUT2D eigenvalue weighted by Crippen LogP contribution is -2.22. The molecule has 0 saturated carbocycles. The molecule has 2 aromatic carbocycles. The van der Waals surface area contributed by atoms with E-state index in [4.69, 9.17) is 16.3 Å². The zero-order chi connectivity index (χ0) is 15.2. The normalized spacial score (nSPS) is 12.2. The maximum Gasteiger partial charge on any atom is 0.119 e. The van der Waals surface area contributed by atoms with Crippen molar-refractivity contribution in [1.29, 1.82) is 0 Å². The summed E-state index contributed by atoms with van der Waals surface area (Å²) in [6.45, 7) is 5.62. The lowest BCUT2D eigenvalue weighted by Gasteiger charge is -2.20. The quantitative estimate of drug-likeness (QED) is 0.756. The number of ether oxygens (including phenoxy) is 1. The molecule has 21 heavy (non-hydrogen) atoms. The topological polar surface area (TPSA) is 21.3 Å². The van der Waals surface area contributed by atoms with Gasteiger partial charge in [0.05, 0.1) is 17.7 Å². The van der Waals surface area contributed by atoms with Gasteiger partial charge < -0.3 is 10.1 Å². The maximum atomic E-state index is 6.23. The average Bonchev–Trinajstić information content (AvgIpc) is 2.48.